The molecule has 0 aromatic heterocycles. The number of carbonyl (C=O) groups is 2. The highest BCUT2D eigenvalue weighted by atomic mass is 16.6. The van der Waals surface area contributed by atoms with Gasteiger partial charge in [-0.05, 0) is 12.1 Å². The van der Waals surface area contributed by atoms with Crippen LogP contribution in [0.5, 0.6) is 0 Å². The van der Waals surface area contributed by atoms with Crippen LogP contribution in [-0.2, 0) is 0 Å². The number of nitro groups is 1. The molecular formula is C15H10N2O4. The second-order valence-electron chi connectivity index (χ2n) is 4.62. The third-order valence-corrected chi connectivity index (χ3v) is 3.51. The van der Waals surface area contributed by atoms with E-state index in [1.54, 1.807) is 25.2 Å². The molecule has 0 spiro atoms. The van der Waals surface area contributed by atoms with Gasteiger partial charge in [0.2, 0.25) is 0 Å². The normalized spacial score (nSPS) is 12.6. The van der Waals surface area contributed by atoms with Gasteiger partial charge < -0.3 is 5.32 Å². The number of nitrogens with one attached hydrogen (secondary N) is 1. The lowest BCUT2D eigenvalue weighted by molar-refractivity contribution is -0.384. The maximum Gasteiger partial charge on any atom is 0.270 e. The molecule has 0 saturated carbocycles. The Morgan fingerprint density at radius 1 is 1.00 bits per heavy atom. The van der Waals surface area contributed by atoms with Crippen molar-refractivity contribution in [3.05, 3.63) is 68.8 Å². The number of fused-ring (bicyclic) bond motifs is 2. The lowest BCUT2D eigenvalue weighted by atomic mass is 9.83. The van der Waals surface area contributed by atoms with Crippen LogP contribution >= 0.6 is 0 Å². The monoisotopic (exact) mass is 282 g/mol. The maximum atomic E-state index is 12.6. The molecule has 0 radical (unpaired) electrons. The van der Waals surface area contributed by atoms with Crippen molar-refractivity contribution in [2.24, 2.45) is 0 Å². The molecule has 6 heteroatoms. The smallest absolute Gasteiger partial charge is 0.270 e. The minimum atomic E-state index is -0.586. The fourth-order valence-electron chi connectivity index (χ4n) is 2.51. The molecule has 1 aliphatic carbocycles. The van der Waals surface area contributed by atoms with E-state index in [9.17, 15) is 19.7 Å². The Morgan fingerprint density at radius 2 is 1.76 bits per heavy atom. The summed E-state index contributed by atoms with van der Waals surface area (Å²) in [7, 11) is 1.65. The third kappa shape index (κ3) is 1.80. The summed E-state index contributed by atoms with van der Waals surface area (Å²) in [5, 5.41) is 13.7. The molecule has 0 fully saturated rings. The molecule has 0 saturated heterocycles. The molecule has 6 nitrogen and oxygen atoms in total. The van der Waals surface area contributed by atoms with Crippen LogP contribution in [0.25, 0.3) is 0 Å². The molecule has 104 valence electrons. The summed E-state index contributed by atoms with van der Waals surface area (Å²) in [6.45, 7) is 0. The Balaban J connectivity index is 2.28. The predicted molar refractivity (Wildman–Crippen MR) is 76.0 cm³/mol. The Bertz CT molecular complexity index is 811. The van der Waals surface area contributed by atoms with E-state index in [0.717, 1.165) is 6.07 Å². The number of hydrogen-bond donors (Lipinski definition) is 1. The van der Waals surface area contributed by atoms with Gasteiger partial charge in [-0.15, -0.1) is 0 Å². The van der Waals surface area contributed by atoms with Gasteiger partial charge in [0, 0.05) is 41.6 Å². The largest absolute Gasteiger partial charge is 0.388 e. The van der Waals surface area contributed by atoms with Crippen molar-refractivity contribution in [3.8, 4) is 0 Å². The van der Waals surface area contributed by atoms with Crippen LogP contribution in [0.15, 0.2) is 36.4 Å². The van der Waals surface area contributed by atoms with E-state index in [4.69, 9.17) is 0 Å². The van der Waals surface area contributed by atoms with Gasteiger partial charge in [-0.1, -0.05) is 12.1 Å². The summed E-state index contributed by atoms with van der Waals surface area (Å²) in [5.41, 5.74) is 1.17. The van der Waals surface area contributed by atoms with Gasteiger partial charge in [-0.3, -0.25) is 19.7 Å². The SMILES string of the molecule is CNc1cccc2c1C(=O)c1cc([N+](=O)[O-])ccc1C2=O. The van der Waals surface area contributed by atoms with E-state index in [1.165, 1.54) is 12.1 Å². The van der Waals surface area contributed by atoms with E-state index in [1.807, 2.05) is 0 Å². The van der Waals surface area contributed by atoms with Crippen molar-refractivity contribution < 1.29 is 14.5 Å². The van der Waals surface area contributed by atoms with Gasteiger partial charge in [-0.25, -0.2) is 0 Å². The number of rotatable bonds is 2. The van der Waals surface area contributed by atoms with Crippen molar-refractivity contribution >= 4 is 22.9 Å². The lowest BCUT2D eigenvalue weighted by Gasteiger charge is -2.19. The van der Waals surface area contributed by atoms with Crippen molar-refractivity contribution in [1.29, 1.82) is 0 Å². The van der Waals surface area contributed by atoms with Gasteiger partial charge >= 0.3 is 0 Å². The molecule has 0 unspecified atom stereocenters. The predicted octanol–water partition coefficient (Wildman–Crippen LogP) is 2.41. The summed E-state index contributed by atoms with van der Waals surface area (Å²) < 4.78 is 0. The molecule has 21 heavy (non-hydrogen) atoms. The molecule has 0 bridgehead atoms. The highest BCUT2D eigenvalue weighted by Gasteiger charge is 2.32. The minimum Gasteiger partial charge on any atom is -0.388 e. The number of ketones is 2. The number of carbonyl (C=O) groups excluding carboxylic acids is 2. The van der Waals surface area contributed by atoms with Gasteiger partial charge in [0.1, 0.15) is 0 Å². The average Bonchev–Trinajstić information content (AvgIpc) is 2.51. The van der Waals surface area contributed by atoms with Gasteiger partial charge in [0.05, 0.1) is 10.5 Å². The zero-order chi connectivity index (χ0) is 15.1. The van der Waals surface area contributed by atoms with E-state index < -0.39 is 4.92 Å². The topological polar surface area (TPSA) is 89.3 Å². The maximum absolute atomic E-state index is 12.6. The molecule has 3 rings (SSSR count). The number of hydrogen-bond acceptors (Lipinski definition) is 5. The van der Waals surface area contributed by atoms with Gasteiger partial charge in [-0.2, -0.15) is 0 Å². The Morgan fingerprint density at radius 3 is 2.43 bits per heavy atom. The van der Waals surface area contributed by atoms with Crippen LogP contribution in [0.1, 0.15) is 31.8 Å². The first-order valence-electron chi connectivity index (χ1n) is 6.23. The van der Waals surface area contributed by atoms with E-state index in [-0.39, 0.29) is 33.9 Å². The van der Waals surface area contributed by atoms with Crippen LogP contribution in [0, 0.1) is 10.1 Å². The zero-order valence-corrected chi connectivity index (χ0v) is 11.0. The Labute approximate surface area is 119 Å². The Kier molecular flexibility index (Phi) is 2.79. The van der Waals surface area contributed by atoms with Crippen molar-refractivity contribution in [3.63, 3.8) is 0 Å². The number of non-ortho nitro benzene ring substituents is 1. The second kappa shape index (κ2) is 4.52. The number of anilines is 1. The summed E-state index contributed by atoms with van der Waals surface area (Å²) in [5.74, 6) is -0.681. The highest BCUT2D eigenvalue weighted by Crippen LogP contribution is 2.33. The number of nitro benzene ring substituents is 1. The van der Waals surface area contributed by atoms with Crippen molar-refractivity contribution in [2.45, 2.75) is 0 Å². The number of benzene rings is 2. The van der Waals surface area contributed by atoms with Crippen LogP contribution in [0.3, 0.4) is 0 Å². The summed E-state index contributed by atoms with van der Waals surface area (Å²) in [6.07, 6.45) is 0. The summed E-state index contributed by atoms with van der Waals surface area (Å²) in [4.78, 5) is 35.3. The molecule has 2 aromatic carbocycles. The summed E-state index contributed by atoms with van der Waals surface area (Å²) >= 11 is 0. The first-order valence-corrected chi connectivity index (χ1v) is 6.23. The van der Waals surface area contributed by atoms with Gasteiger partial charge in [0.25, 0.3) is 5.69 Å². The molecule has 0 aliphatic heterocycles. The van der Waals surface area contributed by atoms with Crippen LogP contribution in [0.4, 0.5) is 11.4 Å². The minimum absolute atomic E-state index is 0.0735. The number of nitrogens with zero attached hydrogens (tertiary/aromatic N) is 1. The first kappa shape index (κ1) is 13.0. The molecule has 2 aromatic rings. The lowest BCUT2D eigenvalue weighted by Crippen LogP contribution is -2.22. The molecule has 0 amide bonds. The van der Waals surface area contributed by atoms with Crippen LogP contribution in [0.2, 0.25) is 0 Å². The van der Waals surface area contributed by atoms with E-state index in [0.29, 0.717) is 11.3 Å². The van der Waals surface area contributed by atoms with Crippen LogP contribution < -0.4 is 5.32 Å². The highest BCUT2D eigenvalue weighted by molar-refractivity contribution is 6.30. The first-order chi connectivity index (χ1) is 10.0. The van der Waals surface area contributed by atoms with E-state index >= 15 is 0 Å². The van der Waals surface area contributed by atoms with Crippen molar-refractivity contribution in [2.75, 3.05) is 12.4 Å². The van der Waals surface area contributed by atoms with Crippen LogP contribution in [-0.4, -0.2) is 23.5 Å². The third-order valence-electron chi connectivity index (χ3n) is 3.51. The zero-order valence-electron chi connectivity index (χ0n) is 11.0. The summed E-state index contributed by atoms with van der Waals surface area (Å²) in [6, 6.07) is 8.68. The molecule has 1 aliphatic rings. The molecule has 0 heterocycles. The van der Waals surface area contributed by atoms with E-state index in [2.05, 4.69) is 5.32 Å². The average molecular weight is 282 g/mol. The molecular weight excluding hydrogens is 272 g/mol. The fourth-order valence-corrected chi connectivity index (χ4v) is 2.51. The van der Waals surface area contributed by atoms with Gasteiger partial charge in [0.15, 0.2) is 11.6 Å². The second-order valence-corrected chi connectivity index (χ2v) is 4.62. The Hall–Kier alpha value is -3.02. The quantitative estimate of drug-likeness (QED) is 0.576. The van der Waals surface area contributed by atoms with Crippen molar-refractivity contribution in [1.82, 2.24) is 0 Å². The molecule has 0 atom stereocenters. The fraction of sp³-hybridized carbons (Fsp3) is 0.0667. The molecule has 1 N–H and O–H groups in total. The standard InChI is InChI=1S/C15H10N2O4/c1-16-12-4-2-3-10-13(12)15(19)11-7-8(17(20)21)5-6-9(11)14(10)18/h2-7,16H,1H3.